The van der Waals surface area contributed by atoms with Crippen LogP contribution in [-0.4, -0.2) is 11.1 Å². The molecule has 0 aliphatic rings. The molecule has 0 radical (unpaired) electrons. The van der Waals surface area contributed by atoms with Crippen LogP contribution in [0.4, 0.5) is 17.1 Å². The zero-order valence-corrected chi connectivity index (χ0v) is 21.8. The second-order valence-corrected chi connectivity index (χ2v) is 9.13. The van der Waals surface area contributed by atoms with Crippen LogP contribution in [0.15, 0.2) is 96.7 Å². The molecule has 0 amide bonds. The van der Waals surface area contributed by atoms with Crippen LogP contribution < -0.4 is 4.90 Å². The molecule has 4 rings (SSSR count). The zero-order valence-electron chi connectivity index (χ0n) is 21.8. The van der Waals surface area contributed by atoms with E-state index < -0.39 is 5.97 Å². The van der Waals surface area contributed by atoms with E-state index in [9.17, 15) is 4.79 Å². The van der Waals surface area contributed by atoms with Gasteiger partial charge in [-0.25, -0.2) is 4.85 Å². The van der Waals surface area contributed by atoms with Crippen LogP contribution in [0.25, 0.3) is 23.1 Å². The van der Waals surface area contributed by atoms with E-state index in [0.717, 1.165) is 45.7 Å². The molecule has 38 heavy (non-hydrogen) atoms. The molecule has 0 spiro atoms. The molecule has 0 aliphatic heterocycles. The van der Waals surface area contributed by atoms with Crippen LogP contribution in [0.1, 0.15) is 40.3 Å². The third-order valence-electron chi connectivity index (χ3n) is 6.47. The Kier molecular flexibility index (Phi) is 8.20. The van der Waals surface area contributed by atoms with Crippen LogP contribution in [0.5, 0.6) is 0 Å². The average molecular weight is 499 g/mol. The lowest BCUT2D eigenvalue weighted by Gasteiger charge is -2.25. The lowest BCUT2D eigenvalue weighted by molar-refractivity contribution is -0.132. The minimum absolute atomic E-state index is 0.293. The normalized spacial score (nSPS) is 11.4. The summed E-state index contributed by atoms with van der Waals surface area (Å²) in [5.74, 6) is -1.22. The molecule has 0 atom stereocenters. The predicted octanol–water partition coefficient (Wildman–Crippen LogP) is 8.85. The Balaban J connectivity index is 1.61. The molecule has 0 saturated heterocycles. The fraction of sp³-hybridized carbons (Fsp3) is 0.118. The van der Waals surface area contributed by atoms with Gasteiger partial charge in [0.2, 0.25) is 0 Å². The van der Waals surface area contributed by atoms with Gasteiger partial charge in [-0.3, -0.25) is 4.79 Å². The van der Waals surface area contributed by atoms with Gasteiger partial charge < -0.3 is 10.0 Å². The van der Waals surface area contributed by atoms with Gasteiger partial charge in [0.15, 0.2) is 0 Å². The fourth-order valence-electron chi connectivity index (χ4n) is 4.47. The van der Waals surface area contributed by atoms with Crippen molar-refractivity contribution in [2.45, 2.75) is 27.2 Å². The van der Waals surface area contributed by atoms with Crippen molar-refractivity contribution < 1.29 is 9.90 Å². The van der Waals surface area contributed by atoms with Gasteiger partial charge in [-0.05, 0) is 96.1 Å². The van der Waals surface area contributed by atoms with Crippen LogP contribution in [-0.2, 0) is 11.2 Å². The lowest BCUT2D eigenvalue weighted by atomic mass is 9.97. The Bertz CT molecular complexity index is 1500. The number of carbonyl (C=O) groups is 1. The zero-order chi connectivity index (χ0) is 27.1. The minimum atomic E-state index is -1.22. The third-order valence-corrected chi connectivity index (χ3v) is 6.47. The van der Waals surface area contributed by atoms with Crippen molar-refractivity contribution in [3.63, 3.8) is 0 Å². The molecule has 0 heterocycles. The van der Waals surface area contributed by atoms with E-state index in [-0.39, 0.29) is 5.70 Å². The van der Waals surface area contributed by atoms with E-state index in [1.54, 1.807) is 0 Å². The van der Waals surface area contributed by atoms with Gasteiger partial charge in [0.25, 0.3) is 5.70 Å². The standard InChI is InChI=1S/C34H30N2O2/c1-5-26-11-16-30(17-12-26)36(29-9-7-6-8-10-29)31-18-13-27(14-19-31)15-20-32-24(2)21-28(22-25(32)3)23-33(35-4)34(37)38/h6-23H,5H2,1-3H3,(H,37,38)/b20-15?,33-23-. The first kappa shape index (κ1) is 26.2. The SMILES string of the molecule is [C-]#[N+]/C(=C\c1cc(C)c(C=Cc2ccc(N(c3ccccc3)c3ccc(CC)cc3)cc2)c(C)c1)C(=O)O. The lowest BCUT2D eigenvalue weighted by Crippen LogP contribution is -2.09. The Morgan fingerprint density at radius 1 is 0.816 bits per heavy atom. The van der Waals surface area contributed by atoms with E-state index >= 15 is 0 Å². The molecule has 0 unspecified atom stereocenters. The Morgan fingerprint density at radius 2 is 1.37 bits per heavy atom. The molecule has 1 N–H and O–H groups in total. The van der Waals surface area contributed by atoms with Gasteiger partial charge in [-0.2, -0.15) is 0 Å². The first-order chi connectivity index (χ1) is 18.4. The Morgan fingerprint density at radius 3 is 1.89 bits per heavy atom. The number of para-hydroxylation sites is 1. The highest BCUT2D eigenvalue weighted by Gasteiger charge is 2.12. The van der Waals surface area contributed by atoms with Gasteiger partial charge in [0.1, 0.15) is 0 Å². The van der Waals surface area contributed by atoms with Crippen molar-refractivity contribution in [3.8, 4) is 0 Å². The molecule has 4 aromatic rings. The number of aryl methyl sites for hydroxylation is 3. The third kappa shape index (κ3) is 6.08. The minimum Gasteiger partial charge on any atom is -0.486 e. The molecule has 0 aliphatic carbocycles. The highest BCUT2D eigenvalue weighted by molar-refractivity contribution is 5.94. The van der Waals surface area contributed by atoms with Gasteiger partial charge >= 0.3 is 5.97 Å². The van der Waals surface area contributed by atoms with Crippen molar-refractivity contribution in [1.29, 1.82) is 0 Å². The van der Waals surface area contributed by atoms with E-state index in [1.807, 2.05) is 32.0 Å². The van der Waals surface area contributed by atoms with Crippen LogP contribution in [0.2, 0.25) is 0 Å². The van der Waals surface area contributed by atoms with Crippen LogP contribution in [0.3, 0.4) is 0 Å². The largest absolute Gasteiger partial charge is 0.486 e. The molecule has 4 aromatic carbocycles. The Labute approximate surface area is 224 Å². The fourth-order valence-corrected chi connectivity index (χ4v) is 4.47. The first-order valence-electron chi connectivity index (χ1n) is 12.6. The second-order valence-electron chi connectivity index (χ2n) is 9.13. The number of aliphatic carboxylic acids is 1. The molecule has 0 bridgehead atoms. The maximum atomic E-state index is 11.2. The summed E-state index contributed by atoms with van der Waals surface area (Å²) in [6, 6.07) is 31.4. The van der Waals surface area contributed by atoms with Gasteiger partial charge in [-0.1, -0.05) is 73.7 Å². The van der Waals surface area contributed by atoms with E-state index in [2.05, 4.69) is 102 Å². The highest BCUT2D eigenvalue weighted by atomic mass is 16.4. The first-order valence-corrected chi connectivity index (χ1v) is 12.6. The maximum absolute atomic E-state index is 11.2. The van der Waals surface area contributed by atoms with Crippen LogP contribution >= 0.6 is 0 Å². The molecular formula is C34H30N2O2. The molecule has 0 aromatic heterocycles. The molecule has 4 nitrogen and oxygen atoms in total. The summed E-state index contributed by atoms with van der Waals surface area (Å²) in [6.45, 7) is 13.2. The number of benzene rings is 4. The van der Waals surface area contributed by atoms with Crippen molar-refractivity contribution in [3.05, 3.63) is 141 Å². The van der Waals surface area contributed by atoms with E-state index in [1.165, 1.54) is 11.6 Å². The molecular weight excluding hydrogens is 468 g/mol. The molecule has 0 saturated carbocycles. The van der Waals surface area contributed by atoms with Crippen molar-refractivity contribution >= 4 is 41.3 Å². The number of carboxylic acid groups (broad SMARTS) is 1. The topological polar surface area (TPSA) is 44.9 Å². The summed E-state index contributed by atoms with van der Waals surface area (Å²) in [5.41, 5.74) is 9.21. The second kappa shape index (κ2) is 11.9. The number of hydrogen-bond acceptors (Lipinski definition) is 2. The van der Waals surface area contributed by atoms with Crippen molar-refractivity contribution in [2.75, 3.05) is 4.90 Å². The predicted molar refractivity (Wildman–Crippen MR) is 158 cm³/mol. The summed E-state index contributed by atoms with van der Waals surface area (Å²) < 4.78 is 0. The quantitative estimate of drug-likeness (QED) is 0.150. The van der Waals surface area contributed by atoms with Crippen LogP contribution in [0, 0.1) is 20.4 Å². The average Bonchev–Trinajstić information content (AvgIpc) is 2.93. The van der Waals surface area contributed by atoms with E-state index in [4.69, 9.17) is 11.7 Å². The smallest absolute Gasteiger partial charge is 0.333 e. The van der Waals surface area contributed by atoms with Gasteiger partial charge in [0, 0.05) is 17.1 Å². The molecule has 188 valence electrons. The number of rotatable bonds is 8. The highest BCUT2D eigenvalue weighted by Crippen LogP contribution is 2.34. The summed E-state index contributed by atoms with van der Waals surface area (Å²) in [4.78, 5) is 16.5. The molecule has 0 fully saturated rings. The Hall–Kier alpha value is -4.88. The summed E-state index contributed by atoms with van der Waals surface area (Å²) in [5, 5.41) is 9.15. The van der Waals surface area contributed by atoms with Crippen molar-refractivity contribution in [1.82, 2.24) is 0 Å². The summed E-state index contributed by atoms with van der Waals surface area (Å²) in [6.07, 6.45) is 6.59. The van der Waals surface area contributed by atoms with Gasteiger partial charge in [0.05, 0.1) is 6.57 Å². The number of carboxylic acids is 1. The number of nitrogens with zero attached hydrogens (tertiary/aromatic N) is 2. The summed E-state index contributed by atoms with van der Waals surface area (Å²) in [7, 11) is 0. The summed E-state index contributed by atoms with van der Waals surface area (Å²) >= 11 is 0. The van der Waals surface area contributed by atoms with Crippen molar-refractivity contribution in [2.24, 2.45) is 0 Å². The monoisotopic (exact) mass is 498 g/mol. The number of hydrogen-bond donors (Lipinski definition) is 1. The van der Waals surface area contributed by atoms with Gasteiger partial charge in [-0.15, -0.1) is 0 Å². The maximum Gasteiger partial charge on any atom is 0.333 e. The number of anilines is 3. The molecule has 4 heteroatoms. The van der Waals surface area contributed by atoms with E-state index in [0.29, 0.717) is 5.56 Å².